The Morgan fingerprint density at radius 1 is 1.30 bits per heavy atom. The van der Waals surface area contributed by atoms with Gasteiger partial charge >= 0.3 is 0 Å². The van der Waals surface area contributed by atoms with Crippen molar-refractivity contribution in [1.82, 2.24) is 15.2 Å². The molecule has 20 heavy (non-hydrogen) atoms. The normalized spacial score (nSPS) is 29.2. The van der Waals surface area contributed by atoms with Crippen LogP contribution < -0.4 is 5.32 Å². The number of aryl methyl sites for hydroxylation is 1. The first-order valence-electron chi connectivity index (χ1n) is 8.15. The number of fused-ring (bicyclic) bond motifs is 2. The summed E-state index contributed by atoms with van der Waals surface area (Å²) in [6.07, 6.45) is 7.96. The number of nitrogens with one attached hydrogen (secondary N) is 1. The predicted octanol–water partition coefficient (Wildman–Crippen LogP) is 2.99. The molecule has 2 fully saturated rings. The van der Waals surface area contributed by atoms with Gasteiger partial charge in [0, 0.05) is 29.5 Å². The fraction of sp³-hybridized carbons (Fsp3) is 0.812. The summed E-state index contributed by atoms with van der Waals surface area (Å²) in [4.78, 5) is 8.61. The summed E-state index contributed by atoms with van der Waals surface area (Å²) >= 11 is 1.82. The largest absolute Gasteiger partial charge is 0.311 e. The molecular formula is C16H27N3S. The van der Waals surface area contributed by atoms with Gasteiger partial charge in [-0.15, -0.1) is 11.3 Å². The van der Waals surface area contributed by atoms with E-state index < -0.39 is 0 Å². The summed E-state index contributed by atoms with van der Waals surface area (Å²) < 4.78 is 0. The van der Waals surface area contributed by atoms with E-state index in [2.05, 4.69) is 29.0 Å². The molecule has 1 aromatic heterocycles. The van der Waals surface area contributed by atoms with Crippen LogP contribution in [0.2, 0.25) is 0 Å². The molecule has 1 aromatic rings. The maximum absolute atomic E-state index is 4.38. The molecule has 2 bridgehead atoms. The summed E-state index contributed by atoms with van der Waals surface area (Å²) in [6, 6.07) is 2.40. The van der Waals surface area contributed by atoms with E-state index in [1.165, 1.54) is 62.2 Å². The molecule has 2 unspecified atom stereocenters. The van der Waals surface area contributed by atoms with Gasteiger partial charge in [-0.2, -0.15) is 0 Å². The number of thiazole rings is 1. The fourth-order valence-electron chi connectivity index (χ4n) is 3.90. The van der Waals surface area contributed by atoms with Gasteiger partial charge < -0.3 is 5.32 Å². The van der Waals surface area contributed by atoms with Crippen LogP contribution in [0.15, 0.2) is 5.51 Å². The lowest BCUT2D eigenvalue weighted by Crippen LogP contribution is -2.49. The minimum absolute atomic E-state index is 0.795. The third-order valence-electron chi connectivity index (χ3n) is 4.95. The van der Waals surface area contributed by atoms with Crippen LogP contribution in [0.1, 0.15) is 49.6 Å². The number of hydrogen-bond acceptors (Lipinski definition) is 4. The number of rotatable bonds is 6. The Bertz CT molecular complexity index is 419. The summed E-state index contributed by atoms with van der Waals surface area (Å²) in [5, 5.41) is 3.76. The lowest BCUT2D eigenvalue weighted by molar-refractivity contribution is 0.143. The zero-order chi connectivity index (χ0) is 13.9. The van der Waals surface area contributed by atoms with E-state index in [0.29, 0.717) is 0 Å². The lowest BCUT2D eigenvalue weighted by Gasteiger charge is -2.37. The van der Waals surface area contributed by atoms with Crippen molar-refractivity contribution in [2.24, 2.45) is 0 Å². The van der Waals surface area contributed by atoms with Gasteiger partial charge in [0.15, 0.2) is 0 Å². The standard InChI is InChI=1S/C16H27N3S/c1-3-7-19(8-6-16-12(2)17-11-20-16)15-9-13-4-5-14(10-15)18-13/h11,13-15,18H,3-10H2,1-2H3. The van der Waals surface area contributed by atoms with E-state index in [1.54, 1.807) is 0 Å². The molecule has 2 aliphatic rings. The molecule has 2 atom stereocenters. The van der Waals surface area contributed by atoms with E-state index >= 15 is 0 Å². The number of nitrogens with zero attached hydrogens (tertiary/aromatic N) is 2. The topological polar surface area (TPSA) is 28.2 Å². The van der Waals surface area contributed by atoms with Crippen LogP contribution in [0, 0.1) is 6.92 Å². The predicted molar refractivity (Wildman–Crippen MR) is 85.4 cm³/mol. The summed E-state index contributed by atoms with van der Waals surface area (Å²) in [7, 11) is 0. The Balaban J connectivity index is 1.59. The van der Waals surface area contributed by atoms with E-state index in [0.717, 1.165) is 18.1 Å². The highest BCUT2D eigenvalue weighted by Crippen LogP contribution is 2.30. The van der Waals surface area contributed by atoms with Gasteiger partial charge in [0.25, 0.3) is 0 Å². The summed E-state index contributed by atoms with van der Waals surface area (Å²) in [5.74, 6) is 0. The van der Waals surface area contributed by atoms with Gasteiger partial charge in [0.1, 0.15) is 0 Å². The second-order valence-electron chi connectivity index (χ2n) is 6.41. The van der Waals surface area contributed by atoms with Gasteiger partial charge in [-0.25, -0.2) is 4.98 Å². The highest BCUT2D eigenvalue weighted by Gasteiger charge is 2.35. The molecule has 2 aliphatic heterocycles. The van der Waals surface area contributed by atoms with Crippen LogP contribution in [0.25, 0.3) is 0 Å². The quantitative estimate of drug-likeness (QED) is 0.874. The van der Waals surface area contributed by atoms with E-state index in [4.69, 9.17) is 0 Å². The summed E-state index contributed by atoms with van der Waals surface area (Å²) in [5.41, 5.74) is 3.22. The molecule has 1 N–H and O–H groups in total. The van der Waals surface area contributed by atoms with E-state index in [-0.39, 0.29) is 0 Å². The Kier molecular flexibility index (Phi) is 4.74. The first-order chi connectivity index (χ1) is 9.76. The first kappa shape index (κ1) is 14.5. The second kappa shape index (κ2) is 6.54. The Morgan fingerprint density at radius 2 is 2.05 bits per heavy atom. The van der Waals surface area contributed by atoms with Gasteiger partial charge in [-0.1, -0.05) is 6.92 Å². The van der Waals surface area contributed by atoms with Crippen LogP contribution in [0.3, 0.4) is 0 Å². The van der Waals surface area contributed by atoms with Crippen molar-refractivity contribution in [2.75, 3.05) is 13.1 Å². The van der Waals surface area contributed by atoms with Gasteiger partial charge in [0.2, 0.25) is 0 Å². The number of piperidine rings is 1. The molecule has 4 heteroatoms. The van der Waals surface area contributed by atoms with Crippen molar-refractivity contribution in [3.05, 3.63) is 16.1 Å². The molecule has 0 aliphatic carbocycles. The number of hydrogen-bond donors (Lipinski definition) is 1. The number of aromatic nitrogens is 1. The van der Waals surface area contributed by atoms with Gasteiger partial charge in [-0.3, -0.25) is 4.90 Å². The SMILES string of the molecule is CCCN(CCc1scnc1C)C1CC2CCC(C1)N2. The van der Waals surface area contributed by atoms with Crippen molar-refractivity contribution in [1.29, 1.82) is 0 Å². The highest BCUT2D eigenvalue weighted by molar-refractivity contribution is 7.09. The van der Waals surface area contributed by atoms with Crippen LogP contribution >= 0.6 is 11.3 Å². The molecule has 0 radical (unpaired) electrons. The third kappa shape index (κ3) is 3.23. The Morgan fingerprint density at radius 3 is 2.65 bits per heavy atom. The van der Waals surface area contributed by atoms with Crippen molar-refractivity contribution in [3.63, 3.8) is 0 Å². The fourth-order valence-corrected chi connectivity index (χ4v) is 4.67. The van der Waals surface area contributed by atoms with Crippen molar-refractivity contribution in [3.8, 4) is 0 Å². The Hall–Kier alpha value is -0.450. The molecule has 0 amide bonds. The van der Waals surface area contributed by atoms with Crippen molar-refractivity contribution in [2.45, 2.75) is 70.5 Å². The minimum Gasteiger partial charge on any atom is -0.311 e. The molecule has 3 heterocycles. The molecule has 3 nitrogen and oxygen atoms in total. The van der Waals surface area contributed by atoms with Gasteiger partial charge in [0.05, 0.1) is 11.2 Å². The zero-order valence-electron chi connectivity index (χ0n) is 12.8. The molecule has 0 aromatic carbocycles. The van der Waals surface area contributed by atoms with Gasteiger partial charge in [-0.05, 0) is 52.0 Å². The van der Waals surface area contributed by atoms with E-state index in [9.17, 15) is 0 Å². The first-order valence-corrected chi connectivity index (χ1v) is 9.03. The van der Waals surface area contributed by atoms with Crippen LogP contribution in [-0.4, -0.2) is 41.1 Å². The zero-order valence-corrected chi connectivity index (χ0v) is 13.6. The maximum atomic E-state index is 4.38. The van der Waals surface area contributed by atoms with Crippen LogP contribution in [-0.2, 0) is 6.42 Å². The molecule has 0 spiro atoms. The summed E-state index contributed by atoms with van der Waals surface area (Å²) in [6.45, 7) is 6.91. The smallest absolute Gasteiger partial charge is 0.0797 e. The lowest BCUT2D eigenvalue weighted by atomic mass is 9.97. The second-order valence-corrected chi connectivity index (χ2v) is 7.35. The molecule has 2 saturated heterocycles. The third-order valence-corrected chi connectivity index (χ3v) is 5.94. The monoisotopic (exact) mass is 293 g/mol. The molecule has 3 rings (SSSR count). The van der Waals surface area contributed by atoms with Crippen molar-refractivity contribution < 1.29 is 0 Å². The average molecular weight is 293 g/mol. The molecule has 0 saturated carbocycles. The Labute approximate surface area is 126 Å². The highest BCUT2D eigenvalue weighted by atomic mass is 32.1. The van der Waals surface area contributed by atoms with Crippen LogP contribution in [0.4, 0.5) is 0 Å². The molecular weight excluding hydrogens is 266 g/mol. The average Bonchev–Trinajstić information content (AvgIpc) is 3.00. The van der Waals surface area contributed by atoms with Crippen molar-refractivity contribution >= 4 is 11.3 Å². The van der Waals surface area contributed by atoms with E-state index in [1.807, 2.05) is 16.8 Å². The van der Waals surface area contributed by atoms with Crippen LogP contribution in [0.5, 0.6) is 0 Å². The molecule has 112 valence electrons. The maximum Gasteiger partial charge on any atom is 0.0797 e. The minimum atomic E-state index is 0.795.